The van der Waals surface area contributed by atoms with Crippen molar-refractivity contribution in [3.05, 3.63) is 0 Å². The molecule has 2 fully saturated rings. The van der Waals surface area contributed by atoms with E-state index in [4.69, 9.17) is 19.0 Å². The van der Waals surface area contributed by atoms with Gasteiger partial charge in [-0.15, -0.1) is 0 Å². The van der Waals surface area contributed by atoms with Gasteiger partial charge in [0.25, 0.3) is 0 Å². The second kappa shape index (κ2) is 10.6. The van der Waals surface area contributed by atoms with Gasteiger partial charge in [-0.2, -0.15) is 0 Å². The van der Waals surface area contributed by atoms with E-state index in [9.17, 15) is 5.11 Å². The first kappa shape index (κ1) is 21.6. The number of ether oxygens (including phenoxy) is 3. The molecule has 5 atom stereocenters. The van der Waals surface area contributed by atoms with Crippen molar-refractivity contribution in [2.45, 2.75) is 71.7 Å². The topological polar surface area (TPSA) is 72.8 Å². The molecule has 0 aromatic heterocycles. The molecular formula is C19H36N2O5. The van der Waals surface area contributed by atoms with Crippen LogP contribution in [0, 0.1) is 11.8 Å². The van der Waals surface area contributed by atoms with Gasteiger partial charge in [-0.3, -0.25) is 4.90 Å². The molecule has 7 heteroatoms. The van der Waals surface area contributed by atoms with Gasteiger partial charge in [0.05, 0.1) is 24.3 Å². The van der Waals surface area contributed by atoms with E-state index in [0.717, 1.165) is 31.6 Å². The summed E-state index contributed by atoms with van der Waals surface area (Å²) < 4.78 is 16.5. The van der Waals surface area contributed by atoms with Crippen molar-refractivity contribution < 1.29 is 24.2 Å². The third-order valence-electron chi connectivity index (χ3n) is 5.26. The molecule has 0 amide bonds. The Balaban J connectivity index is 1.91. The Hall–Kier alpha value is -0.730. The molecule has 5 unspecified atom stereocenters. The standard InChI is InChI=1S/C19H36N2O5/c1-13(2)6-7-21-8-9-24-19(22)17(15(21)4)12-25-20-16-10-14(3)26-18(11-16)23-5/h13-15,17-19,22H,6-12H2,1-5H3. The SMILES string of the molecule is COC1CC(=NOCC2C(O)OCCN(CCC(C)C)C2C)CC(C)O1. The minimum absolute atomic E-state index is 0.0632. The lowest BCUT2D eigenvalue weighted by molar-refractivity contribution is -0.154. The molecule has 0 aromatic carbocycles. The molecule has 0 bridgehead atoms. The van der Waals surface area contributed by atoms with Crippen LogP contribution in [-0.4, -0.2) is 73.9 Å². The Morgan fingerprint density at radius 2 is 2.08 bits per heavy atom. The summed E-state index contributed by atoms with van der Waals surface area (Å²) in [6, 6.07) is 0.173. The molecule has 7 nitrogen and oxygen atoms in total. The van der Waals surface area contributed by atoms with E-state index in [1.54, 1.807) is 7.11 Å². The molecule has 0 spiro atoms. The summed E-state index contributed by atoms with van der Waals surface area (Å²) >= 11 is 0. The molecule has 2 aliphatic heterocycles. The van der Waals surface area contributed by atoms with Gasteiger partial charge < -0.3 is 24.2 Å². The second-order valence-corrected chi connectivity index (χ2v) is 7.86. The van der Waals surface area contributed by atoms with Crippen molar-refractivity contribution in [2.75, 3.05) is 33.4 Å². The summed E-state index contributed by atoms with van der Waals surface area (Å²) in [6.45, 7) is 11.3. The third kappa shape index (κ3) is 6.46. The van der Waals surface area contributed by atoms with Crippen LogP contribution in [0.5, 0.6) is 0 Å². The summed E-state index contributed by atoms with van der Waals surface area (Å²) in [4.78, 5) is 8.02. The first-order valence-electron chi connectivity index (χ1n) is 9.80. The highest BCUT2D eigenvalue weighted by Gasteiger charge is 2.34. The normalized spacial score (nSPS) is 35.7. The maximum Gasteiger partial charge on any atom is 0.162 e. The van der Waals surface area contributed by atoms with Crippen LogP contribution in [0.1, 0.15) is 47.0 Å². The van der Waals surface area contributed by atoms with Crippen molar-refractivity contribution in [1.82, 2.24) is 4.90 Å². The maximum atomic E-state index is 10.4. The first-order chi connectivity index (χ1) is 12.4. The monoisotopic (exact) mass is 372 g/mol. The molecule has 2 aliphatic rings. The lowest BCUT2D eigenvalue weighted by atomic mass is 9.99. The molecule has 1 N–H and O–H groups in total. The molecular weight excluding hydrogens is 336 g/mol. The van der Waals surface area contributed by atoms with Crippen molar-refractivity contribution in [3.63, 3.8) is 0 Å². The summed E-state index contributed by atoms with van der Waals surface area (Å²) in [5, 5.41) is 14.7. The molecule has 26 heavy (non-hydrogen) atoms. The Morgan fingerprint density at radius 1 is 1.31 bits per heavy atom. The fourth-order valence-electron chi connectivity index (χ4n) is 3.48. The van der Waals surface area contributed by atoms with Crippen LogP contribution in [0.25, 0.3) is 0 Å². The highest BCUT2D eigenvalue weighted by Crippen LogP contribution is 2.22. The molecule has 152 valence electrons. The Bertz CT molecular complexity index is 446. The van der Waals surface area contributed by atoms with Gasteiger partial charge in [-0.25, -0.2) is 0 Å². The number of hydrogen-bond donors (Lipinski definition) is 1. The van der Waals surface area contributed by atoms with Crippen molar-refractivity contribution >= 4 is 5.71 Å². The van der Waals surface area contributed by atoms with Crippen LogP contribution >= 0.6 is 0 Å². The van der Waals surface area contributed by atoms with Gasteiger partial charge in [-0.05, 0) is 32.7 Å². The van der Waals surface area contributed by atoms with Crippen LogP contribution in [0.2, 0.25) is 0 Å². The smallest absolute Gasteiger partial charge is 0.162 e. The van der Waals surface area contributed by atoms with Crippen LogP contribution in [-0.2, 0) is 19.0 Å². The predicted octanol–water partition coefficient (Wildman–Crippen LogP) is 2.23. The van der Waals surface area contributed by atoms with Gasteiger partial charge in [0, 0.05) is 32.5 Å². The minimum atomic E-state index is -0.824. The van der Waals surface area contributed by atoms with Crippen molar-refractivity contribution in [1.29, 1.82) is 0 Å². The Kier molecular flexibility index (Phi) is 8.76. The van der Waals surface area contributed by atoms with Gasteiger partial charge in [-0.1, -0.05) is 19.0 Å². The molecule has 0 aromatic rings. The van der Waals surface area contributed by atoms with E-state index in [-0.39, 0.29) is 24.4 Å². The number of methoxy groups -OCH3 is 1. The minimum Gasteiger partial charge on any atom is -0.395 e. The lowest BCUT2D eigenvalue weighted by Crippen LogP contribution is -2.43. The molecule has 2 heterocycles. The first-order valence-corrected chi connectivity index (χ1v) is 9.80. The van der Waals surface area contributed by atoms with E-state index < -0.39 is 6.29 Å². The zero-order valence-electron chi connectivity index (χ0n) is 16.9. The number of nitrogens with zero attached hydrogens (tertiary/aromatic N) is 2. The summed E-state index contributed by atoms with van der Waals surface area (Å²) in [6.07, 6.45) is 1.45. The van der Waals surface area contributed by atoms with E-state index in [0.29, 0.717) is 25.6 Å². The molecule has 2 rings (SSSR count). The average Bonchev–Trinajstić information content (AvgIpc) is 2.72. The quantitative estimate of drug-likeness (QED) is 0.691. The highest BCUT2D eigenvalue weighted by atomic mass is 16.7. The fourth-order valence-corrected chi connectivity index (χ4v) is 3.48. The van der Waals surface area contributed by atoms with Gasteiger partial charge in [0.2, 0.25) is 0 Å². The summed E-state index contributed by atoms with van der Waals surface area (Å²) in [7, 11) is 1.63. The average molecular weight is 373 g/mol. The predicted molar refractivity (Wildman–Crippen MR) is 99.9 cm³/mol. The second-order valence-electron chi connectivity index (χ2n) is 7.86. The molecule has 0 radical (unpaired) electrons. The number of hydrogen-bond acceptors (Lipinski definition) is 7. The van der Waals surface area contributed by atoms with Crippen LogP contribution in [0.4, 0.5) is 0 Å². The fraction of sp³-hybridized carbons (Fsp3) is 0.947. The van der Waals surface area contributed by atoms with Crippen LogP contribution in [0.15, 0.2) is 5.16 Å². The van der Waals surface area contributed by atoms with Gasteiger partial charge in [0.1, 0.15) is 6.61 Å². The van der Waals surface area contributed by atoms with Gasteiger partial charge in [0.15, 0.2) is 12.6 Å². The van der Waals surface area contributed by atoms with E-state index in [1.165, 1.54) is 0 Å². The summed E-state index contributed by atoms with van der Waals surface area (Å²) in [5.41, 5.74) is 0.934. The van der Waals surface area contributed by atoms with Crippen LogP contribution in [0.3, 0.4) is 0 Å². The highest BCUT2D eigenvalue weighted by molar-refractivity contribution is 5.85. The largest absolute Gasteiger partial charge is 0.395 e. The van der Waals surface area contributed by atoms with Crippen LogP contribution < -0.4 is 0 Å². The molecule has 0 saturated carbocycles. The van der Waals surface area contributed by atoms with Crippen molar-refractivity contribution in [3.8, 4) is 0 Å². The number of aliphatic hydroxyl groups is 1. The molecule has 2 saturated heterocycles. The Labute approximate surface area is 157 Å². The molecule has 0 aliphatic carbocycles. The lowest BCUT2D eigenvalue weighted by Gasteiger charge is -2.32. The van der Waals surface area contributed by atoms with E-state index >= 15 is 0 Å². The maximum absolute atomic E-state index is 10.4. The van der Waals surface area contributed by atoms with E-state index in [2.05, 4.69) is 30.8 Å². The Morgan fingerprint density at radius 3 is 2.77 bits per heavy atom. The van der Waals surface area contributed by atoms with E-state index in [1.807, 2.05) is 6.92 Å². The third-order valence-corrected chi connectivity index (χ3v) is 5.26. The van der Waals surface area contributed by atoms with Gasteiger partial charge >= 0.3 is 0 Å². The zero-order chi connectivity index (χ0) is 19.1. The number of oxime groups is 1. The summed E-state index contributed by atoms with van der Waals surface area (Å²) in [5.74, 6) is 0.520. The number of aliphatic hydroxyl groups excluding tert-OH is 1. The van der Waals surface area contributed by atoms with Crippen molar-refractivity contribution in [2.24, 2.45) is 17.0 Å². The zero-order valence-corrected chi connectivity index (χ0v) is 16.9. The number of rotatable bonds is 7.